The first-order chi connectivity index (χ1) is 4.91. The minimum absolute atomic E-state index is 0.0185. The van der Waals surface area contributed by atoms with Gasteiger partial charge in [0.05, 0.1) is 6.42 Å². The van der Waals surface area contributed by atoms with Crippen molar-refractivity contribution in [2.75, 3.05) is 0 Å². The number of hydrogen-bond acceptors (Lipinski definition) is 3. The second kappa shape index (κ2) is 2.30. The van der Waals surface area contributed by atoms with Crippen LogP contribution in [-0.2, 0) is 4.79 Å². The normalized spacial score (nSPS) is 19.1. The molecule has 4 heteroatoms. The summed E-state index contributed by atoms with van der Waals surface area (Å²) in [5.74, 6) is -0.0185. The molecule has 0 atom stereocenters. The predicted molar refractivity (Wildman–Crippen MR) is 42.8 cm³/mol. The molecule has 11 heavy (non-hydrogen) atoms. The standard InChI is InChI=1S/C7H13N3O/c1-5-4-6(11)10(9-5)7(2,3)8/h4,8H2,1-3H3. The van der Waals surface area contributed by atoms with E-state index in [1.165, 1.54) is 5.01 Å². The van der Waals surface area contributed by atoms with Crippen LogP contribution in [0.4, 0.5) is 0 Å². The number of hydrogen-bond donors (Lipinski definition) is 1. The van der Waals surface area contributed by atoms with E-state index in [0.717, 1.165) is 5.71 Å². The van der Waals surface area contributed by atoms with Gasteiger partial charge in [-0.3, -0.25) is 4.79 Å². The van der Waals surface area contributed by atoms with Crippen LogP contribution >= 0.6 is 0 Å². The lowest BCUT2D eigenvalue weighted by molar-refractivity contribution is -0.133. The zero-order valence-corrected chi connectivity index (χ0v) is 7.09. The van der Waals surface area contributed by atoms with E-state index in [4.69, 9.17) is 5.73 Å². The summed E-state index contributed by atoms with van der Waals surface area (Å²) in [6.45, 7) is 5.34. The molecule has 0 saturated heterocycles. The van der Waals surface area contributed by atoms with Crippen molar-refractivity contribution < 1.29 is 4.79 Å². The fourth-order valence-corrected chi connectivity index (χ4v) is 1.01. The molecule has 2 N–H and O–H groups in total. The highest BCUT2D eigenvalue weighted by Crippen LogP contribution is 2.15. The van der Waals surface area contributed by atoms with Crippen LogP contribution in [0.3, 0.4) is 0 Å². The van der Waals surface area contributed by atoms with E-state index in [-0.39, 0.29) is 5.91 Å². The molecule has 62 valence electrons. The monoisotopic (exact) mass is 155 g/mol. The minimum atomic E-state index is -0.672. The Bertz CT molecular complexity index is 214. The molecule has 1 rings (SSSR count). The smallest absolute Gasteiger partial charge is 0.250 e. The molecule has 0 radical (unpaired) electrons. The fraction of sp³-hybridized carbons (Fsp3) is 0.714. The van der Waals surface area contributed by atoms with Gasteiger partial charge in [0.1, 0.15) is 5.66 Å². The van der Waals surface area contributed by atoms with Crippen molar-refractivity contribution in [3.8, 4) is 0 Å². The van der Waals surface area contributed by atoms with E-state index in [1.54, 1.807) is 13.8 Å². The Kier molecular flexibility index (Phi) is 1.72. The van der Waals surface area contributed by atoms with Crippen LogP contribution in [0, 0.1) is 0 Å². The van der Waals surface area contributed by atoms with Crippen LogP contribution in [0.5, 0.6) is 0 Å². The summed E-state index contributed by atoms with van der Waals surface area (Å²) < 4.78 is 0. The second-order valence-electron chi connectivity index (χ2n) is 3.37. The van der Waals surface area contributed by atoms with E-state index in [0.29, 0.717) is 6.42 Å². The SMILES string of the molecule is CC1=NN(C(C)(C)N)C(=O)C1. The fourth-order valence-electron chi connectivity index (χ4n) is 1.01. The van der Waals surface area contributed by atoms with Crippen molar-refractivity contribution in [1.29, 1.82) is 0 Å². The van der Waals surface area contributed by atoms with Gasteiger partial charge in [-0.15, -0.1) is 0 Å². The summed E-state index contributed by atoms with van der Waals surface area (Å²) in [4.78, 5) is 11.2. The number of rotatable bonds is 1. The number of nitrogens with two attached hydrogens (primary N) is 1. The van der Waals surface area contributed by atoms with Crippen LogP contribution in [-0.4, -0.2) is 22.3 Å². The molecule has 0 fully saturated rings. The van der Waals surface area contributed by atoms with E-state index in [2.05, 4.69) is 5.10 Å². The Morgan fingerprint density at radius 3 is 2.36 bits per heavy atom. The molecule has 4 nitrogen and oxygen atoms in total. The summed E-state index contributed by atoms with van der Waals surface area (Å²) in [6.07, 6.45) is 0.403. The van der Waals surface area contributed by atoms with Gasteiger partial charge in [0.25, 0.3) is 0 Å². The number of carbonyl (C=O) groups excluding carboxylic acids is 1. The Labute approximate surface area is 66.0 Å². The lowest BCUT2D eigenvalue weighted by Crippen LogP contribution is -2.49. The summed E-state index contributed by atoms with van der Waals surface area (Å²) in [5.41, 5.74) is 5.85. The molecule has 0 aliphatic carbocycles. The molecule has 0 aromatic carbocycles. The lowest BCUT2D eigenvalue weighted by atomic mass is 10.2. The van der Waals surface area contributed by atoms with Gasteiger partial charge in [-0.25, -0.2) is 5.01 Å². The van der Waals surface area contributed by atoms with E-state index in [1.807, 2.05) is 6.92 Å². The number of amides is 1. The first-order valence-corrected chi connectivity index (χ1v) is 3.57. The molecule has 0 unspecified atom stereocenters. The maximum absolute atomic E-state index is 11.2. The molecule has 0 spiro atoms. The number of carbonyl (C=O) groups is 1. The molecule has 0 aromatic rings. The zero-order chi connectivity index (χ0) is 8.65. The van der Waals surface area contributed by atoms with Crippen LogP contribution in [0.15, 0.2) is 5.10 Å². The predicted octanol–water partition coefficient (Wildman–Crippen LogP) is 0.289. The maximum Gasteiger partial charge on any atom is 0.250 e. The Morgan fingerprint density at radius 2 is 2.18 bits per heavy atom. The molecule has 1 aliphatic rings. The summed E-state index contributed by atoms with van der Waals surface area (Å²) in [6, 6.07) is 0. The van der Waals surface area contributed by atoms with Crippen molar-refractivity contribution in [2.45, 2.75) is 32.9 Å². The van der Waals surface area contributed by atoms with Gasteiger partial charge < -0.3 is 5.73 Å². The topological polar surface area (TPSA) is 58.7 Å². The Balaban J connectivity index is 2.82. The van der Waals surface area contributed by atoms with Gasteiger partial charge in [0.15, 0.2) is 0 Å². The van der Waals surface area contributed by atoms with Gasteiger partial charge in [0.2, 0.25) is 5.91 Å². The first kappa shape index (κ1) is 8.20. The average Bonchev–Trinajstić information content (AvgIpc) is 2.08. The third-order valence-corrected chi connectivity index (χ3v) is 1.46. The maximum atomic E-state index is 11.2. The molecule has 0 aromatic heterocycles. The van der Waals surface area contributed by atoms with Gasteiger partial charge in [-0.2, -0.15) is 5.10 Å². The highest BCUT2D eigenvalue weighted by molar-refractivity contribution is 6.03. The molecule has 1 aliphatic heterocycles. The molecule has 1 amide bonds. The van der Waals surface area contributed by atoms with E-state index < -0.39 is 5.66 Å². The van der Waals surface area contributed by atoms with Crippen molar-refractivity contribution in [3.05, 3.63) is 0 Å². The molecular formula is C7H13N3O. The third kappa shape index (κ3) is 1.57. The van der Waals surface area contributed by atoms with Crippen LogP contribution in [0.25, 0.3) is 0 Å². The summed E-state index contributed by atoms with van der Waals surface area (Å²) >= 11 is 0. The minimum Gasteiger partial charge on any atom is -0.307 e. The highest BCUT2D eigenvalue weighted by atomic mass is 16.2. The largest absolute Gasteiger partial charge is 0.307 e. The van der Waals surface area contributed by atoms with Crippen molar-refractivity contribution in [3.63, 3.8) is 0 Å². The van der Waals surface area contributed by atoms with Crippen LogP contribution in [0.2, 0.25) is 0 Å². The van der Waals surface area contributed by atoms with Crippen LogP contribution < -0.4 is 5.73 Å². The van der Waals surface area contributed by atoms with Crippen molar-refractivity contribution in [2.24, 2.45) is 10.8 Å². The molecule has 0 saturated carbocycles. The quantitative estimate of drug-likeness (QED) is 0.591. The van der Waals surface area contributed by atoms with Gasteiger partial charge in [-0.1, -0.05) is 0 Å². The highest BCUT2D eigenvalue weighted by Gasteiger charge is 2.31. The van der Waals surface area contributed by atoms with Crippen molar-refractivity contribution in [1.82, 2.24) is 5.01 Å². The van der Waals surface area contributed by atoms with Gasteiger partial charge in [0, 0.05) is 5.71 Å². The third-order valence-electron chi connectivity index (χ3n) is 1.46. The Morgan fingerprint density at radius 1 is 1.64 bits per heavy atom. The van der Waals surface area contributed by atoms with E-state index >= 15 is 0 Å². The Hall–Kier alpha value is -0.900. The van der Waals surface area contributed by atoms with Crippen molar-refractivity contribution >= 4 is 11.6 Å². The van der Waals surface area contributed by atoms with E-state index in [9.17, 15) is 4.79 Å². The molecule has 0 bridgehead atoms. The second-order valence-corrected chi connectivity index (χ2v) is 3.37. The zero-order valence-electron chi connectivity index (χ0n) is 7.09. The average molecular weight is 155 g/mol. The van der Waals surface area contributed by atoms with Crippen LogP contribution in [0.1, 0.15) is 27.2 Å². The number of hydrazone groups is 1. The van der Waals surface area contributed by atoms with Gasteiger partial charge >= 0.3 is 0 Å². The summed E-state index contributed by atoms with van der Waals surface area (Å²) in [7, 11) is 0. The van der Waals surface area contributed by atoms with Gasteiger partial charge in [-0.05, 0) is 20.8 Å². The lowest BCUT2D eigenvalue weighted by Gasteiger charge is -2.27. The summed E-state index contributed by atoms with van der Waals surface area (Å²) in [5, 5.41) is 5.35. The molecular weight excluding hydrogens is 142 g/mol. The molecule has 1 heterocycles. The number of nitrogens with zero attached hydrogens (tertiary/aromatic N) is 2. The first-order valence-electron chi connectivity index (χ1n) is 3.57.